The number of hydrogen-bond acceptors (Lipinski definition) is 6. The van der Waals surface area contributed by atoms with Crippen LogP contribution >= 0.6 is 37.2 Å². The maximum absolute atomic E-state index is 13.1. The molecule has 0 aliphatic carbocycles. The molecule has 0 fully saturated rings. The number of likely N-dealkylation sites (N-methyl/N-ethyl adjacent to an activating group) is 1. The molecule has 12 heteroatoms. The summed E-state index contributed by atoms with van der Waals surface area (Å²) < 4.78 is 0. The molecule has 0 saturated carbocycles. The van der Waals surface area contributed by atoms with Crippen molar-refractivity contribution < 1.29 is 14.4 Å². The Morgan fingerprint density at radius 2 is 1.64 bits per heavy atom. The number of nitrogens with one attached hydrogen (secondary N) is 3. The van der Waals surface area contributed by atoms with E-state index in [9.17, 15) is 14.4 Å². The van der Waals surface area contributed by atoms with Crippen molar-refractivity contribution in [2.24, 2.45) is 5.73 Å². The number of rotatable bonds is 12. The minimum absolute atomic E-state index is 0. The van der Waals surface area contributed by atoms with Gasteiger partial charge in [-0.2, -0.15) is 0 Å². The predicted octanol–water partition coefficient (Wildman–Crippen LogP) is 3.10. The third kappa shape index (κ3) is 8.76. The van der Waals surface area contributed by atoms with Crippen LogP contribution in [0.25, 0.3) is 10.8 Å². The molecular formula is C24H37Cl3N6O3. The van der Waals surface area contributed by atoms with Crippen LogP contribution in [0.5, 0.6) is 0 Å². The monoisotopic (exact) mass is 562 g/mol. The first-order valence-electron chi connectivity index (χ1n) is 11.5. The number of amides is 4. The van der Waals surface area contributed by atoms with Gasteiger partial charge in [-0.05, 0) is 76.6 Å². The summed E-state index contributed by atoms with van der Waals surface area (Å²) in [7, 11) is 3.79. The minimum Gasteiger partial charge on any atom is -0.338 e. The van der Waals surface area contributed by atoms with Gasteiger partial charge in [-0.25, -0.2) is 4.79 Å². The van der Waals surface area contributed by atoms with Crippen molar-refractivity contribution in [3.63, 3.8) is 0 Å². The number of anilines is 1. The zero-order valence-electron chi connectivity index (χ0n) is 20.7. The van der Waals surface area contributed by atoms with Crippen LogP contribution in [0.3, 0.4) is 0 Å². The maximum atomic E-state index is 13.1. The lowest BCUT2D eigenvalue weighted by atomic mass is 9.93. The molecule has 5 N–H and O–H groups in total. The van der Waals surface area contributed by atoms with Crippen LogP contribution in [0.2, 0.25) is 0 Å². The smallest absolute Gasteiger partial charge is 0.319 e. The van der Waals surface area contributed by atoms with Gasteiger partial charge in [-0.1, -0.05) is 12.1 Å². The van der Waals surface area contributed by atoms with Gasteiger partial charge in [0.1, 0.15) is 0 Å². The average molecular weight is 564 g/mol. The largest absolute Gasteiger partial charge is 0.338 e. The Kier molecular flexibility index (Phi) is 15.6. The lowest BCUT2D eigenvalue weighted by molar-refractivity contribution is 0.0601. The van der Waals surface area contributed by atoms with Gasteiger partial charge in [0.05, 0.1) is 5.56 Å². The second-order valence-electron chi connectivity index (χ2n) is 8.47. The van der Waals surface area contributed by atoms with Crippen molar-refractivity contribution >= 4 is 71.5 Å². The quantitative estimate of drug-likeness (QED) is 0.233. The van der Waals surface area contributed by atoms with Crippen molar-refractivity contribution in [3.8, 4) is 0 Å². The van der Waals surface area contributed by atoms with E-state index < -0.39 is 0 Å². The number of urea groups is 1. The van der Waals surface area contributed by atoms with Crippen LogP contribution in [0, 0.1) is 0 Å². The second kappa shape index (κ2) is 16.6. The average Bonchev–Trinajstić information content (AvgIpc) is 2.78. The van der Waals surface area contributed by atoms with Gasteiger partial charge in [0.15, 0.2) is 0 Å². The number of nitrogens with zero attached hydrogens (tertiary/aromatic N) is 2. The number of hydrogen-bond donors (Lipinski definition) is 4. The van der Waals surface area contributed by atoms with Crippen LogP contribution in [-0.2, 0) is 0 Å². The fourth-order valence-electron chi connectivity index (χ4n) is 3.84. The first kappa shape index (κ1) is 33.9. The van der Waals surface area contributed by atoms with Crippen LogP contribution in [0.15, 0.2) is 30.3 Å². The summed E-state index contributed by atoms with van der Waals surface area (Å²) in [6.45, 7) is 3.86. The summed E-state index contributed by atoms with van der Waals surface area (Å²) in [6, 6.07) is 8.50. The molecule has 2 aromatic carbocycles. The van der Waals surface area contributed by atoms with Gasteiger partial charge in [0, 0.05) is 36.3 Å². The van der Waals surface area contributed by atoms with E-state index in [2.05, 4.69) is 16.0 Å². The molecule has 1 aliphatic heterocycles. The molecule has 0 atom stereocenters. The number of benzene rings is 2. The molecule has 0 spiro atoms. The highest BCUT2D eigenvalue weighted by Crippen LogP contribution is 2.32. The number of halogens is 3. The summed E-state index contributed by atoms with van der Waals surface area (Å²) in [5.41, 5.74) is 6.93. The third-order valence-electron chi connectivity index (χ3n) is 5.58. The van der Waals surface area contributed by atoms with Crippen molar-refractivity contribution in [1.82, 2.24) is 20.4 Å². The minimum atomic E-state index is -0.338. The summed E-state index contributed by atoms with van der Waals surface area (Å²) in [5, 5.41) is 10.4. The molecule has 1 aliphatic rings. The molecule has 36 heavy (non-hydrogen) atoms. The van der Waals surface area contributed by atoms with Crippen LogP contribution < -0.4 is 21.7 Å². The highest BCUT2D eigenvalue weighted by molar-refractivity contribution is 6.26. The third-order valence-corrected chi connectivity index (χ3v) is 5.58. The van der Waals surface area contributed by atoms with Gasteiger partial charge in [0.25, 0.3) is 11.8 Å². The molecule has 1 heterocycles. The molecule has 9 nitrogen and oxygen atoms in total. The number of imide groups is 1. The van der Waals surface area contributed by atoms with Crippen molar-refractivity contribution in [2.75, 3.05) is 58.7 Å². The zero-order valence-corrected chi connectivity index (χ0v) is 23.1. The zero-order chi connectivity index (χ0) is 23.8. The van der Waals surface area contributed by atoms with Gasteiger partial charge < -0.3 is 26.6 Å². The first-order chi connectivity index (χ1) is 15.9. The van der Waals surface area contributed by atoms with Crippen molar-refractivity contribution in [3.05, 3.63) is 41.5 Å². The molecule has 0 aromatic heterocycles. The maximum Gasteiger partial charge on any atom is 0.319 e. The van der Waals surface area contributed by atoms with E-state index in [1.807, 2.05) is 25.1 Å². The van der Waals surface area contributed by atoms with Crippen LogP contribution in [-0.4, -0.2) is 81.0 Å². The molecule has 3 rings (SSSR count). The SMILES string of the molecule is CN(C)CCN1C(=O)c2cccc3cc(NC(=O)NCCCNCCCCN)cc(c23)C1=O.Cl.Cl.Cl. The fourth-order valence-corrected chi connectivity index (χ4v) is 3.84. The number of carbonyl (C=O) groups excluding carboxylic acids is 3. The van der Waals surface area contributed by atoms with E-state index >= 15 is 0 Å². The standard InChI is InChI=1S/C24H34N6O3.3ClH/c1-29(2)13-14-30-22(31)19-8-5-7-17-15-18(16-20(21(17)19)23(30)32)28-24(33)27-12-6-11-26-10-4-3-9-25;;;/h5,7-8,15-16,26H,3-4,6,9-14,25H2,1-2H3,(H2,27,28,33);3*1H. The lowest BCUT2D eigenvalue weighted by Crippen LogP contribution is -2.43. The van der Waals surface area contributed by atoms with Gasteiger partial charge in [0.2, 0.25) is 0 Å². The molecule has 0 radical (unpaired) electrons. The molecule has 4 amide bonds. The Hall–Kier alpha value is -2.14. The molecular weight excluding hydrogens is 527 g/mol. The van der Waals surface area contributed by atoms with E-state index in [0.717, 1.165) is 37.7 Å². The topological polar surface area (TPSA) is 120 Å². The summed E-state index contributed by atoms with van der Waals surface area (Å²) in [4.78, 5) is 41.6. The number of carbonyl (C=O) groups is 3. The Morgan fingerprint density at radius 3 is 2.33 bits per heavy atom. The second-order valence-corrected chi connectivity index (χ2v) is 8.47. The normalized spacial score (nSPS) is 12.1. The number of nitrogens with two attached hydrogens (primary N) is 1. The predicted molar refractivity (Wildman–Crippen MR) is 152 cm³/mol. The van der Waals surface area contributed by atoms with Gasteiger partial charge >= 0.3 is 6.03 Å². The lowest BCUT2D eigenvalue weighted by Gasteiger charge is -2.28. The molecule has 0 saturated heterocycles. The van der Waals surface area contributed by atoms with E-state index in [1.54, 1.807) is 24.3 Å². The highest BCUT2D eigenvalue weighted by atomic mass is 35.5. The summed E-state index contributed by atoms with van der Waals surface area (Å²) >= 11 is 0. The van der Waals surface area contributed by atoms with Crippen LogP contribution in [0.1, 0.15) is 40.0 Å². The van der Waals surface area contributed by atoms with E-state index in [0.29, 0.717) is 48.4 Å². The molecule has 0 unspecified atom stereocenters. The van der Waals surface area contributed by atoms with Crippen molar-refractivity contribution in [2.45, 2.75) is 19.3 Å². The van der Waals surface area contributed by atoms with Gasteiger partial charge in [-0.15, -0.1) is 37.2 Å². The fraction of sp³-hybridized carbons (Fsp3) is 0.458. The van der Waals surface area contributed by atoms with Gasteiger partial charge in [-0.3, -0.25) is 14.5 Å². The van der Waals surface area contributed by atoms with Crippen molar-refractivity contribution in [1.29, 1.82) is 0 Å². The summed E-state index contributed by atoms with van der Waals surface area (Å²) in [5.74, 6) is -0.620. The Bertz CT molecular complexity index is 1020. The van der Waals surface area contributed by atoms with Crippen LogP contribution in [0.4, 0.5) is 10.5 Å². The molecule has 202 valence electrons. The Labute approximate surface area is 231 Å². The first-order valence-corrected chi connectivity index (χ1v) is 11.5. The molecule has 2 aromatic rings. The van der Waals surface area contributed by atoms with E-state index in [4.69, 9.17) is 5.73 Å². The van der Waals surface area contributed by atoms with E-state index in [1.165, 1.54) is 4.90 Å². The van der Waals surface area contributed by atoms with E-state index in [-0.39, 0.29) is 55.1 Å². The Balaban J connectivity index is 0.00000408. The molecule has 0 bridgehead atoms. The highest BCUT2D eigenvalue weighted by Gasteiger charge is 2.33. The number of unbranched alkanes of at least 4 members (excludes halogenated alkanes) is 1. The Morgan fingerprint density at radius 1 is 0.944 bits per heavy atom. The summed E-state index contributed by atoms with van der Waals surface area (Å²) in [6.07, 6.45) is 2.87.